The number of hydrogen-bond acceptors (Lipinski definition) is 3. The third-order valence-electron chi connectivity index (χ3n) is 4.48. The average Bonchev–Trinajstić information content (AvgIpc) is 2.96. The lowest BCUT2D eigenvalue weighted by molar-refractivity contribution is -0.127. The minimum atomic E-state index is -3.51. The van der Waals surface area contributed by atoms with E-state index in [9.17, 15) is 13.2 Å². The highest BCUT2D eigenvalue weighted by atomic mass is 32.2. The fraction of sp³-hybridized carbons (Fsp3) is 0.588. The van der Waals surface area contributed by atoms with Crippen LogP contribution in [0.1, 0.15) is 38.7 Å². The van der Waals surface area contributed by atoms with Crippen molar-refractivity contribution in [1.82, 2.24) is 9.21 Å². The molecule has 1 saturated heterocycles. The number of carbonyl (C=O) groups is 1. The molecule has 1 fully saturated rings. The first-order valence-corrected chi connectivity index (χ1v) is 9.48. The van der Waals surface area contributed by atoms with E-state index in [0.29, 0.717) is 18.0 Å². The topological polar surface area (TPSA) is 57.7 Å². The van der Waals surface area contributed by atoms with Gasteiger partial charge in [0, 0.05) is 33.6 Å². The van der Waals surface area contributed by atoms with Gasteiger partial charge < -0.3 is 4.90 Å². The lowest BCUT2D eigenvalue weighted by Crippen LogP contribution is -2.34. The van der Waals surface area contributed by atoms with Gasteiger partial charge in [0.1, 0.15) is 0 Å². The molecule has 0 aromatic heterocycles. The van der Waals surface area contributed by atoms with E-state index < -0.39 is 10.0 Å². The summed E-state index contributed by atoms with van der Waals surface area (Å²) in [6.45, 7) is 7.35. The van der Waals surface area contributed by atoms with Crippen molar-refractivity contribution in [3.63, 3.8) is 0 Å². The van der Waals surface area contributed by atoms with Gasteiger partial charge in [-0.2, -0.15) is 0 Å². The number of hydrogen-bond donors (Lipinski definition) is 0. The Kier molecular flexibility index (Phi) is 5.47. The highest BCUT2D eigenvalue weighted by Gasteiger charge is 2.30. The van der Waals surface area contributed by atoms with E-state index in [4.69, 9.17) is 0 Å². The number of amides is 1. The van der Waals surface area contributed by atoms with Crippen LogP contribution in [0.5, 0.6) is 0 Å². The maximum Gasteiger partial charge on any atom is 0.243 e. The van der Waals surface area contributed by atoms with E-state index in [1.807, 2.05) is 26.0 Å². The Bertz CT molecular complexity index is 670. The summed E-state index contributed by atoms with van der Waals surface area (Å²) in [5.74, 6) is 0.405. The predicted molar refractivity (Wildman–Crippen MR) is 90.7 cm³/mol. The predicted octanol–water partition coefficient (Wildman–Crippen LogP) is 2.30. The maximum absolute atomic E-state index is 12.9. The molecular formula is C17H26N2O3S. The standard InChI is InChI=1S/C17H26N2O3S/c1-13(2)16-7-5-6-8-17(16)23(21,22)18(4)11-15-9-10-19(12-15)14(3)20/h5-8,13,15H,9-12H2,1-4H3/t15-/m1/s1. The van der Waals surface area contributed by atoms with Crippen molar-refractivity contribution >= 4 is 15.9 Å². The first-order valence-electron chi connectivity index (χ1n) is 8.04. The lowest BCUT2D eigenvalue weighted by atomic mass is 10.0. The van der Waals surface area contributed by atoms with Crippen LogP contribution in [-0.2, 0) is 14.8 Å². The maximum atomic E-state index is 12.9. The van der Waals surface area contributed by atoms with Crippen molar-refractivity contribution in [2.45, 2.75) is 38.0 Å². The summed E-state index contributed by atoms with van der Waals surface area (Å²) in [5.41, 5.74) is 0.844. The van der Waals surface area contributed by atoms with Crippen molar-refractivity contribution in [2.75, 3.05) is 26.7 Å². The normalized spacial score (nSPS) is 18.9. The summed E-state index contributed by atoms with van der Waals surface area (Å²) >= 11 is 0. The molecule has 0 spiro atoms. The van der Waals surface area contributed by atoms with E-state index >= 15 is 0 Å². The summed E-state index contributed by atoms with van der Waals surface area (Å²) in [5, 5.41) is 0. The summed E-state index contributed by atoms with van der Waals surface area (Å²) in [4.78, 5) is 13.6. The summed E-state index contributed by atoms with van der Waals surface area (Å²) in [7, 11) is -1.88. The SMILES string of the molecule is CC(=O)N1CC[C@H](CN(C)S(=O)(=O)c2ccccc2C(C)C)C1. The molecule has 0 saturated carbocycles. The van der Waals surface area contributed by atoms with Gasteiger partial charge in [-0.25, -0.2) is 12.7 Å². The van der Waals surface area contributed by atoms with Crippen molar-refractivity contribution < 1.29 is 13.2 Å². The van der Waals surface area contributed by atoms with E-state index in [1.165, 1.54) is 4.31 Å². The quantitative estimate of drug-likeness (QED) is 0.828. The van der Waals surface area contributed by atoms with E-state index in [1.54, 1.807) is 31.0 Å². The zero-order valence-electron chi connectivity index (χ0n) is 14.3. The van der Waals surface area contributed by atoms with Crippen LogP contribution < -0.4 is 0 Å². The van der Waals surface area contributed by atoms with Crippen molar-refractivity contribution in [1.29, 1.82) is 0 Å². The van der Waals surface area contributed by atoms with Crippen molar-refractivity contribution in [2.24, 2.45) is 5.92 Å². The lowest BCUT2D eigenvalue weighted by Gasteiger charge is -2.23. The highest BCUT2D eigenvalue weighted by molar-refractivity contribution is 7.89. The van der Waals surface area contributed by atoms with E-state index in [-0.39, 0.29) is 17.7 Å². The van der Waals surface area contributed by atoms with Crippen molar-refractivity contribution in [3.8, 4) is 0 Å². The fourth-order valence-corrected chi connectivity index (χ4v) is 4.68. The minimum Gasteiger partial charge on any atom is -0.343 e. The van der Waals surface area contributed by atoms with E-state index in [2.05, 4.69) is 0 Å². The molecule has 1 amide bonds. The first kappa shape index (κ1) is 17.9. The molecule has 0 aliphatic carbocycles. The zero-order chi connectivity index (χ0) is 17.2. The molecule has 6 heteroatoms. The van der Waals surface area contributed by atoms with E-state index in [0.717, 1.165) is 18.5 Å². The molecule has 0 radical (unpaired) electrons. The smallest absolute Gasteiger partial charge is 0.243 e. The monoisotopic (exact) mass is 338 g/mol. The van der Waals surface area contributed by atoms with Gasteiger partial charge in [-0.3, -0.25) is 4.79 Å². The molecule has 1 heterocycles. The largest absolute Gasteiger partial charge is 0.343 e. The Morgan fingerprint density at radius 1 is 1.35 bits per heavy atom. The molecule has 5 nitrogen and oxygen atoms in total. The molecule has 0 unspecified atom stereocenters. The first-order chi connectivity index (χ1) is 10.7. The molecular weight excluding hydrogens is 312 g/mol. The van der Waals surface area contributed by atoms with Crippen LogP contribution in [0.4, 0.5) is 0 Å². The van der Waals surface area contributed by atoms with Crippen LogP contribution >= 0.6 is 0 Å². The van der Waals surface area contributed by atoms with Gasteiger partial charge in [0.25, 0.3) is 0 Å². The second-order valence-corrected chi connectivity index (χ2v) is 8.61. The zero-order valence-corrected chi connectivity index (χ0v) is 15.1. The van der Waals surface area contributed by atoms with Crippen LogP contribution in [0, 0.1) is 5.92 Å². The van der Waals surface area contributed by atoms with Gasteiger partial charge in [0.05, 0.1) is 4.90 Å². The van der Waals surface area contributed by atoms with Gasteiger partial charge >= 0.3 is 0 Å². The van der Waals surface area contributed by atoms with Gasteiger partial charge in [-0.05, 0) is 29.9 Å². The number of nitrogens with zero attached hydrogens (tertiary/aromatic N) is 2. The Morgan fingerprint density at radius 3 is 2.57 bits per heavy atom. The highest BCUT2D eigenvalue weighted by Crippen LogP contribution is 2.27. The third-order valence-corrected chi connectivity index (χ3v) is 6.37. The summed E-state index contributed by atoms with van der Waals surface area (Å²) in [6.07, 6.45) is 0.852. The second-order valence-electron chi connectivity index (χ2n) is 6.60. The van der Waals surface area contributed by atoms with Crippen LogP contribution in [-0.4, -0.2) is 50.2 Å². The van der Waals surface area contributed by atoms with Crippen LogP contribution in [0.3, 0.4) is 0 Å². The van der Waals surface area contributed by atoms with Crippen LogP contribution in [0.15, 0.2) is 29.2 Å². The Hall–Kier alpha value is -1.40. The summed E-state index contributed by atoms with van der Waals surface area (Å²) < 4.78 is 27.2. The number of rotatable bonds is 5. The third kappa shape index (κ3) is 3.93. The Morgan fingerprint density at radius 2 is 2.00 bits per heavy atom. The van der Waals surface area contributed by atoms with Crippen LogP contribution in [0.2, 0.25) is 0 Å². The van der Waals surface area contributed by atoms with Crippen LogP contribution in [0.25, 0.3) is 0 Å². The minimum absolute atomic E-state index is 0.0585. The van der Waals surface area contributed by atoms with Crippen molar-refractivity contribution in [3.05, 3.63) is 29.8 Å². The molecule has 0 bridgehead atoms. The molecule has 2 rings (SSSR count). The molecule has 1 aliphatic rings. The van der Waals surface area contributed by atoms with Gasteiger partial charge in [0.15, 0.2) is 0 Å². The number of benzene rings is 1. The van der Waals surface area contributed by atoms with Gasteiger partial charge in [-0.15, -0.1) is 0 Å². The molecule has 128 valence electrons. The number of carbonyl (C=O) groups excluding carboxylic acids is 1. The fourth-order valence-electron chi connectivity index (χ4n) is 3.09. The molecule has 0 N–H and O–H groups in total. The molecule has 1 aromatic carbocycles. The summed E-state index contributed by atoms with van der Waals surface area (Å²) in [6, 6.07) is 7.19. The average molecular weight is 338 g/mol. The Labute approximate surface area is 139 Å². The number of likely N-dealkylation sites (tertiary alicyclic amines) is 1. The number of sulfonamides is 1. The molecule has 23 heavy (non-hydrogen) atoms. The molecule has 1 aliphatic heterocycles. The molecule has 1 atom stereocenters. The van der Waals surface area contributed by atoms with Gasteiger partial charge in [-0.1, -0.05) is 32.0 Å². The Balaban J connectivity index is 2.16. The molecule has 1 aromatic rings. The van der Waals surface area contributed by atoms with Gasteiger partial charge in [0.2, 0.25) is 15.9 Å². The second kappa shape index (κ2) is 7.01.